The zero-order valence-corrected chi connectivity index (χ0v) is 26.8. The molecule has 10 rings (SSSR count). The quantitative estimate of drug-likeness (QED) is 0.281. The summed E-state index contributed by atoms with van der Waals surface area (Å²) in [5.41, 5.74) is 5.79. The maximum atomic E-state index is 5.62. The molecule has 6 aliphatic rings. The van der Waals surface area contributed by atoms with Crippen LogP contribution in [0.15, 0.2) is 78.9 Å². The SMILES string of the molecule is c1ccc(-c2ccc(-c3nc(N4C5CCCC6CCC7C8CNCCC8N(C8CCNCC84)C7C65)nc4ccccc34)cc2)cc1. The highest BCUT2D eigenvalue weighted by Crippen LogP contribution is 2.57. The van der Waals surface area contributed by atoms with Crippen LogP contribution in [0.5, 0.6) is 0 Å². The van der Waals surface area contributed by atoms with Crippen LogP contribution in [0.1, 0.15) is 44.9 Å². The monoisotopic (exact) mass is 610 g/mol. The lowest BCUT2D eigenvalue weighted by atomic mass is 9.61. The fourth-order valence-corrected chi connectivity index (χ4v) is 11.4. The molecule has 0 amide bonds. The highest BCUT2D eigenvalue weighted by atomic mass is 15.4. The second-order valence-electron chi connectivity index (χ2n) is 15.1. The van der Waals surface area contributed by atoms with Crippen molar-refractivity contribution >= 4 is 16.9 Å². The van der Waals surface area contributed by atoms with E-state index in [-0.39, 0.29) is 0 Å². The van der Waals surface area contributed by atoms with Gasteiger partial charge in [0.1, 0.15) is 0 Å². The maximum absolute atomic E-state index is 5.62. The topological polar surface area (TPSA) is 56.3 Å². The van der Waals surface area contributed by atoms with E-state index in [0.29, 0.717) is 24.0 Å². The molecule has 5 heterocycles. The first kappa shape index (κ1) is 27.8. The predicted octanol–water partition coefficient (Wildman–Crippen LogP) is 6.37. The van der Waals surface area contributed by atoms with E-state index in [9.17, 15) is 0 Å². The number of hydrogen-bond acceptors (Lipinski definition) is 6. The van der Waals surface area contributed by atoms with Crippen molar-refractivity contribution in [1.29, 1.82) is 0 Å². The molecule has 4 saturated heterocycles. The number of aromatic nitrogens is 2. The zero-order valence-electron chi connectivity index (χ0n) is 26.8. The Kier molecular flexibility index (Phi) is 6.72. The van der Waals surface area contributed by atoms with Gasteiger partial charge in [0.15, 0.2) is 0 Å². The number of piperidine rings is 2. The summed E-state index contributed by atoms with van der Waals surface area (Å²) in [5, 5.41) is 8.83. The predicted molar refractivity (Wildman–Crippen MR) is 186 cm³/mol. The molecule has 2 aliphatic carbocycles. The Balaban J connectivity index is 1.12. The van der Waals surface area contributed by atoms with E-state index in [4.69, 9.17) is 9.97 Å². The van der Waals surface area contributed by atoms with Crippen molar-refractivity contribution in [3.63, 3.8) is 0 Å². The highest BCUT2D eigenvalue weighted by Gasteiger charge is 2.63. The van der Waals surface area contributed by atoms with Crippen molar-refractivity contribution in [1.82, 2.24) is 25.5 Å². The van der Waals surface area contributed by atoms with E-state index in [1.54, 1.807) is 0 Å². The van der Waals surface area contributed by atoms with Gasteiger partial charge in [0.05, 0.1) is 17.3 Å². The highest BCUT2D eigenvalue weighted by molar-refractivity contribution is 5.93. The minimum atomic E-state index is 0.395. The van der Waals surface area contributed by atoms with Gasteiger partial charge in [-0.15, -0.1) is 0 Å². The molecule has 4 aromatic rings. The summed E-state index contributed by atoms with van der Waals surface area (Å²) >= 11 is 0. The van der Waals surface area contributed by atoms with Gasteiger partial charge in [-0.25, -0.2) is 9.97 Å². The summed E-state index contributed by atoms with van der Waals surface area (Å²) in [6.07, 6.45) is 9.40. The van der Waals surface area contributed by atoms with Crippen molar-refractivity contribution in [3.05, 3.63) is 78.9 Å². The summed E-state index contributed by atoms with van der Waals surface area (Å²) < 4.78 is 0. The Bertz CT molecular complexity index is 1720. The van der Waals surface area contributed by atoms with E-state index in [0.717, 1.165) is 65.5 Å². The summed E-state index contributed by atoms with van der Waals surface area (Å²) in [5.74, 6) is 4.18. The number of para-hydroxylation sites is 1. The van der Waals surface area contributed by atoms with Crippen LogP contribution in [0.25, 0.3) is 33.3 Å². The molecule has 1 aromatic heterocycles. The minimum Gasteiger partial charge on any atom is -0.332 e. The molecule has 0 spiro atoms. The molecule has 9 unspecified atom stereocenters. The third-order valence-corrected chi connectivity index (χ3v) is 13.1. The van der Waals surface area contributed by atoms with E-state index in [1.807, 2.05) is 0 Å². The lowest BCUT2D eigenvalue weighted by molar-refractivity contribution is 0.0120. The molecule has 46 heavy (non-hydrogen) atoms. The van der Waals surface area contributed by atoms with Gasteiger partial charge in [-0.05, 0) is 99.0 Å². The molecule has 6 fully saturated rings. The second-order valence-corrected chi connectivity index (χ2v) is 15.1. The average Bonchev–Trinajstić information content (AvgIpc) is 3.40. The molecule has 0 bridgehead atoms. The van der Waals surface area contributed by atoms with Crippen LogP contribution in [-0.4, -0.2) is 71.3 Å². The number of anilines is 1. The smallest absolute Gasteiger partial charge is 0.227 e. The van der Waals surface area contributed by atoms with E-state index in [2.05, 4.69) is 99.3 Å². The molecule has 0 radical (unpaired) electrons. The van der Waals surface area contributed by atoms with Gasteiger partial charge < -0.3 is 15.5 Å². The molecule has 6 heteroatoms. The van der Waals surface area contributed by atoms with Crippen molar-refractivity contribution in [2.45, 2.75) is 75.2 Å². The van der Waals surface area contributed by atoms with Crippen LogP contribution in [-0.2, 0) is 0 Å². The number of nitrogens with one attached hydrogen (secondary N) is 2. The van der Waals surface area contributed by atoms with E-state index < -0.39 is 0 Å². The standard InChI is InChI=1S/C40H46N6/c1-2-7-25(8-3-1)26-13-15-28(16-14-26)38-30-10-4-5-11-32(30)43-40(44-38)46-35-12-6-9-27-17-18-29-31-23-41-21-19-33(31)45(39(29)37(27)35)34-20-22-42-24-36(34)46/h1-5,7-8,10-11,13-16,27,29,31,33-37,39,41-42H,6,9,12,17-24H2. The van der Waals surface area contributed by atoms with Crippen molar-refractivity contribution < 1.29 is 0 Å². The van der Waals surface area contributed by atoms with Crippen LogP contribution >= 0.6 is 0 Å². The van der Waals surface area contributed by atoms with Crippen LogP contribution < -0.4 is 15.5 Å². The third kappa shape index (κ3) is 4.26. The molecule has 4 aliphatic heterocycles. The van der Waals surface area contributed by atoms with Gasteiger partial charge in [0.25, 0.3) is 0 Å². The maximum Gasteiger partial charge on any atom is 0.227 e. The summed E-state index contributed by atoms with van der Waals surface area (Å²) in [7, 11) is 0. The fraction of sp³-hybridized carbons (Fsp3) is 0.500. The molecule has 6 nitrogen and oxygen atoms in total. The van der Waals surface area contributed by atoms with Crippen LogP contribution in [0.4, 0.5) is 5.95 Å². The van der Waals surface area contributed by atoms with Crippen LogP contribution in [0.2, 0.25) is 0 Å². The van der Waals surface area contributed by atoms with Gasteiger partial charge >= 0.3 is 0 Å². The first-order valence-corrected chi connectivity index (χ1v) is 18.2. The number of hydrogen-bond donors (Lipinski definition) is 2. The van der Waals surface area contributed by atoms with Crippen molar-refractivity contribution in [3.8, 4) is 22.4 Å². The van der Waals surface area contributed by atoms with Gasteiger partial charge in [-0.3, -0.25) is 4.90 Å². The van der Waals surface area contributed by atoms with Gasteiger partial charge in [-0.1, -0.05) is 79.2 Å². The molecule has 9 atom stereocenters. The number of fused-ring (bicyclic) bond motifs is 6. The number of rotatable bonds is 3. The molecular weight excluding hydrogens is 564 g/mol. The fourth-order valence-electron chi connectivity index (χ4n) is 11.4. The average molecular weight is 611 g/mol. The summed E-state index contributed by atoms with van der Waals surface area (Å²) in [4.78, 5) is 17.1. The number of benzene rings is 3. The Morgan fingerprint density at radius 3 is 2.24 bits per heavy atom. The molecule has 236 valence electrons. The van der Waals surface area contributed by atoms with E-state index in [1.165, 1.54) is 74.7 Å². The van der Waals surface area contributed by atoms with Crippen LogP contribution in [0.3, 0.4) is 0 Å². The van der Waals surface area contributed by atoms with Gasteiger partial charge in [0.2, 0.25) is 5.95 Å². The molecule has 3 aromatic carbocycles. The summed E-state index contributed by atoms with van der Waals surface area (Å²) in [6, 6.07) is 31.3. The molecule has 2 N–H and O–H groups in total. The van der Waals surface area contributed by atoms with Crippen molar-refractivity contribution in [2.24, 2.45) is 23.7 Å². The summed E-state index contributed by atoms with van der Waals surface area (Å²) in [6.45, 7) is 4.55. The Hall–Kier alpha value is -3.32. The first-order valence-electron chi connectivity index (χ1n) is 18.2. The minimum absolute atomic E-state index is 0.395. The Labute approximate surface area is 273 Å². The van der Waals surface area contributed by atoms with Crippen molar-refractivity contribution in [2.75, 3.05) is 31.1 Å². The van der Waals surface area contributed by atoms with Gasteiger partial charge in [-0.2, -0.15) is 0 Å². The lowest BCUT2D eigenvalue weighted by Crippen LogP contribution is -2.62. The van der Waals surface area contributed by atoms with Gasteiger partial charge in [0, 0.05) is 41.7 Å². The molecule has 2 saturated carbocycles. The zero-order chi connectivity index (χ0) is 30.2. The Morgan fingerprint density at radius 1 is 0.587 bits per heavy atom. The molecular formula is C40H46N6. The second kappa shape index (κ2) is 11.1. The van der Waals surface area contributed by atoms with E-state index >= 15 is 0 Å². The lowest BCUT2D eigenvalue weighted by Gasteiger charge is -2.51. The third-order valence-electron chi connectivity index (χ3n) is 13.1. The largest absolute Gasteiger partial charge is 0.332 e. The normalized spacial score (nSPS) is 35.2. The first-order chi connectivity index (χ1) is 22.8. The van der Waals surface area contributed by atoms with Crippen LogP contribution in [0, 0.1) is 23.7 Å². The Morgan fingerprint density at radius 2 is 1.35 bits per heavy atom. The number of nitrogens with zero attached hydrogens (tertiary/aromatic N) is 4.